The van der Waals surface area contributed by atoms with Crippen LogP contribution in [-0.2, 0) is 0 Å². The molecule has 98 valence electrons. The van der Waals surface area contributed by atoms with E-state index in [1.165, 1.54) is 25.3 Å². The molecule has 1 heterocycles. The quantitative estimate of drug-likeness (QED) is 0.908. The van der Waals surface area contributed by atoms with Crippen LogP contribution in [-0.4, -0.2) is 28.2 Å². The van der Waals surface area contributed by atoms with Gasteiger partial charge in [-0.3, -0.25) is 0 Å². The number of carboxylic acid groups (broad SMARTS) is 1. The van der Waals surface area contributed by atoms with Crippen molar-refractivity contribution in [1.29, 1.82) is 0 Å². The largest absolute Gasteiger partial charge is 0.493 e. The second kappa shape index (κ2) is 5.34. The Morgan fingerprint density at radius 3 is 2.68 bits per heavy atom. The molecule has 1 aromatic heterocycles. The number of aromatic carboxylic acids is 1. The molecule has 0 aliphatic rings. The number of carbonyl (C=O) groups is 1. The summed E-state index contributed by atoms with van der Waals surface area (Å²) in [6, 6.07) is 6.25. The zero-order chi connectivity index (χ0) is 13.8. The van der Waals surface area contributed by atoms with Crippen LogP contribution in [0.4, 0.5) is 0 Å². The zero-order valence-electron chi connectivity index (χ0n) is 10.5. The van der Waals surface area contributed by atoms with Crippen molar-refractivity contribution in [3.8, 4) is 17.5 Å². The molecule has 0 aliphatic carbocycles. The second-order valence-corrected chi connectivity index (χ2v) is 3.75. The zero-order valence-corrected chi connectivity index (χ0v) is 10.5. The normalized spacial score (nSPS) is 10.0. The minimum Gasteiger partial charge on any atom is -0.493 e. The van der Waals surface area contributed by atoms with E-state index in [0.717, 1.165) is 5.69 Å². The molecule has 1 aromatic carbocycles. The molecule has 0 amide bonds. The molecule has 0 aliphatic heterocycles. The first-order valence-corrected chi connectivity index (χ1v) is 5.49. The van der Waals surface area contributed by atoms with Crippen LogP contribution in [0.25, 0.3) is 0 Å². The van der Waals surface area contributed by atoms with E-state index < -0.39 is 5.97 Å². The third kappa shape index (κ3) is 2.98. The van der Waals surface area contributed by atoms with Gasteiger partial charge < -0.3 is 14.6 Å². The highest BCUT2D eigenvalue weighted by Crippen LogP contribution is 2.30. The topological polar surface area (TPSA) is 81.5 Å². The molecular formula is C13H12N2O4. The molecular weight excluding hydrogens is 248 g/mol. The summed E-state index contributed by atoms with van der Waals surface area (Å²) < 4.78 is 10.6. The van der Waals surface area contributed by atoms with Gasteiger partial charge in [0.15, 0.2) is 11.5 Å². The lowest BCUT2D eigenvalue weighted by atomic mass is 10.2. The van der Waals surface area contributed by atoms with E-state index in [4.69, 9.17) is 14.6 Å². The number of hydrogen-bond acceptors (Lipinski definition) is 5. The summed E-state index contributed by atoms with van der Waals surface area (Å²) >= 11 is 0. The Morgan fingerprint density at radius 2 is 2.05 bits per heavy atom. The molecule has 0 unspecified atom stereocenters. The standard InChI is InChI=1S/C13H12N2O4/c1-8-5-6-14-13(15-8)19-10-4-3-9(12(16)17)7-11(10)18-2/h3-7H,1-2H3,(H,16,17). The first-order valence-electron chi connectivity index (χ1n) is 5.49. The van der Waals surface area contributed by atoms with Crippen LogP contribution in [0.15, 0.2) is 30.5 Å². The van der Waals surface area contributed by atoms with E-state index >= 15 is 0 Å². The number of hydrogen-bond donors (Lipinski definition) is 1. The number of methoxy groups -OCH3 is 1. The number of aromatic nitrogens is 2. The van der Waals surface area contributed by atoms with Gasteiger partial charge in [-0.25, -0.2) is 14.8 Å². The van der Waals surface area contributed by atoms with Crippen LogP contribution < -0.4 is 9.47 Å². The van der Waals surface area contributed by atoms with Gasteiger partial charge in [-0.15, -0.1) is 0 Å². The molecule has 0 bridgehead atoms. The maximum Gasteiger partial charge on any atom is 0.335 e. The van der Waals surface area contributed by atoms with E-state index in [9.17, 15) is 4.79 Å². The van der Waals surface area contributed by atoms with Gasteiger partial charge in [-0.2, -0.15) is 0 Å². The van der Waals surface area contributed by atoms with Crippen LogP contribution in [0.1, 0.15) is 16.1 Å². The van der Waals surface area contributed by atoms with Gasteiger partial charge in [-0.1, -0.05) is 0 Å². The van der Waals surface area contributed by atoms with Crippen LogP contribution in [0.2, 0.25) is 0 Å². The molecule has 2 aromatic rings. The SMILES string of the molecule is COc1cc(C(=O)O)ccc1Oc1nccc(C)n1. The lowest BCUT2D eigenvalue weighted by Crippen LogP contribution is -1.99. The van der Waals surface area contributed by atoms with Crippen LogP contribution >= 0.6 is 0 Å². The van der Waals surface area contributed by atoms with Gasteiger partial charge in [0, 0.05) is 11.9 Å². The molecule has 6 nitrogen and oxygen atoms in total. The highest BCUT2D eigenvalue weighted by molar-refractivity contribution is 5.88. The smallest absolute Gasteiger partial charge is 0.335 e. The Labute approximate surface area is 109 Å². The number of rotatable bonds is 4. The van der Waals surface area contributed by atoms with Gasteiger partial charge in [0.2, 0.25) is 0 Å². The van der Waals surface area contributed by atoms with E-state index in [0.29, 0.717) is 11.5 Å². The third-order valence-electron chi connectivity index (χ3n) is 2.38. The van der Waals surface area contributed by atoms with Crippen molar-refractivity contribution in [1.82, 2.24) is 9.97 Å². The Balaban J connectivity index is 2.32. The average Bonchev–Trinajstić information content (AvgIpc) is 2.39. The maximum absolute atomic E-state index is 10.9. The molecule has 6 heteroatoms. The summed E-state index contributed by atoms with van der Waals surface area (Å²) in [5.74, 6) is -0.361. The number of aryl methyl sites for hydroxylation is 1. The van der Waals surface area contributed by atoms with E-state index in [-0.39, 0.29) is 11.6 Å². The summed E-state index contributed by atoms with van der Waals surface area (Å²) in [6.07, 6.45) is 1.58. The number of carboxylic acids is 1. The monoisotopic (exact) mass is 260 g/mol. The van der Waals surface area contributed by atoms with Gasteiger partial charge in [0.1, 0.15) is 0 Å². The summed E-state index contributed by atoms with van der Waals surface area (Å²) in [6.45, 7) is 1.82. The molecule has 0 radical (unpaired) electrons. The van der Waals surface area contributed by atoms with Crippen molar-refractivity contribution in [2.24, 2.45) is 0 Å². The third-order valence-corrected chi connectivity index (χ3v) is 2.38. The Morgan fingerprint density at radius 1 is 1.26 bits per heavy atom. The van der Waals surface area contributed by atoms with E-state index in [1.807, 2.05) is 6.92 Å². The summed E-state index contributed by atoms with van der Waals surface area (Å²) in [7, 11) is 1.44. The van der Waals surface area contributed by atoms with Crippen molar-refractivity contribution in [3.63, 3.8) is 0 Å². The van der Waals surface area contributed by atoms with Crippen molar-refractivity contribution in [2.75, 3.05) is 7.11 Å². The maximum atomic E-state index is 10.9. The lowest BCUT2D eigenvalue weighted by Gasteiger charge is -2.09. The highest BCUT2D eigenvalue weighted by atomic mass is 16.5. The van der Waals surface area contributed by atoms with Crippen LogP contribution in [0.3, 0.4) is 0 Å². The fraction of sp³-hybridized carbons (Fsp3) is 0.154. The van der Waals surface area contributed by atoms with Crippen LogP contribution in [0.5, 0.6) is 17.5 Å². The minimum absolute atomic E-state index is 0.120. The first-order chi connectivity index (χ1) is 9.10. The number of nitrogens with zero attached hydrogens (tertiary/aromatic N) is 2. The van der Waals surface area contributed by atoms with Gasteiger partial charge >= 0.3 is 12.0 Å². The summed E-state index contributed by atoms with van der Waals surface area (Å²) in [5, 5.41) is 8.90. The van der Waals surface area contributed by atoms with Crippen LogP contribution in [0, 0.1) is 6.92 Å². The van der Waals surface area contributed by atoms with Crippen molar-refractivity contribution >= 4 is 5.97 Å². The molecule has 0 atom stereocenters. The van der Waals surface area contributed by atoms with Crippen molar-refractivity contribution in [2.45, 2.75) is 6.92 Å². The Hall–Kier alpha value is -2.63. The second-order valence-electron chi connectivity index (χ2n) is 3.75. The molecule has 2 rings (SSSR count). The van der Waals surface area contributed by atoms with E-state index in [2.05, 4.69) is 9.97 Å². The fourth-order valence-electron chi connectivity index (χ4n) is 1.46. The van der Waals surface area contributed by atoms with E-state index in [1.54, 1.807) is 12.3 Å². The lowest BCUT2D eigenvalue weighted by molar-refractivity contribution is 0.0696. The predicted octanol–water partition coefficient (Wildman–Crippen LogP) is 2.28. The van der Waals surface area contributed by atoms with Gasteiger partial charge in [0.25, 0.3) is 0 Å². The molecule has 0 spiro atoms. The first kappa shape index (κ1) is 12.8. The molecule has 0 saturated heterocycles. The number of ether oxygens (including phenoxy) is 2. The van der Waals surface area contributed by atoms with Crippen molar-refractivity contribution < 1.29 is 19.4 Å². The molecule has 19 heavy (non-hydrogen) atoms. The molecule has 1 N–H and O–H groups in total. The van der Waals surface area contributed by atoms with Crippen molar-refractivity contribution in [3.05, 3.63) is 41.7 Å². The molecule has 0 saturated carbocycles. The Kier molecular flexibility index (Phi) is 3.61. The van der Waals surface area contributed by atoms with Gasteiger partial charge in [0.05, 0.1) is 12.7 Å². The number of benzene rings is 1. The highest BCUT2D eigenvalue weighted by Gasteiger charge is 2.11. The predicted molar refractivity (Wildman–Crippen MR) is 66.8 cm³/mol. The van der Waals surface area contributed by atoms with Gasteiger partial charge in [-0.05, 0) is 31.2 Å². The summed E-state index contributed by atoms with van der Waals surface area (Å²) in [5.41, 5.74) is 0.889. The Bertz CT molecular complexity index is 613. The average molecular weight is 260 g/mol. The minimum atomic E-state index is -1.03. The summed E-state index contributed by atoms with van der Waals surface area (Å²) in [4.78, 5) is 18.9. The fourth-order valence-corrected chi connectivity index (χ4v) is 1.46. The molecule has 0 fully saturated rings.